The molecule has 41 heavy (non-hydrogen) atoms. The molecule has 0 aromatic heterocycles. The van der Waals surface area contributed by atoms with Crippen molar-refractivity contribution in [3.8, 4) is 5.75 Å². The number of hydrogen-bond donors (Lipinski definition) is 1. The van der Waals surface area contributed by atoms with E-state index in [0.717, 1.165) is 22.0 Å². The minimum absolute atomic E-state index is 0.0841. The van der Waals surface area contributed by atoms with Gasteiger partial charge in [-0.05, 0) is 47.5 Å². The first-order valence-electron chi connectivity index (χ1n) is 13.0. The highest BCUT2D eigenvalue weighted by Gasteiger charge is 2.36. The smallest absolute Gasteiger partial charge is 0.263 e. The third-order valence-corrected chi connectivity index (χ3v) is 8.45. The van der Waals surface area contributed by atoms with Crippen LogP contribution in [-0.2, 0) is 32.7 Å². The summed E-state index contributed by atoms with van der Waals surface area (Å²) < 4.78 is 47.8. The number of benzene rings is 4. The number of nitrogens with one attached hydrogen (secondary N) is 1. The molecule has 1 aliphatic heterocycles. The second-order valence-electron chi connectivity index (χ2n) is 9.49. The second kappa shape index (κ2) is 12.3. The van der Waals surface area contributed by atoms with Crippen molar-refractivity contribution < 1.29 is 27.1 Å². The predicted octanol–water partition coefficient (Wildman–Crippen LogP) is 4.13. The number of sulfonamides is 1. The summed E-state index contributed by atoms with van der Waals surface area (Å²) in [6.07, 6.45) is -1.01. The summed E-state index contributed by atoms with van der Waals surface area (Å²) in [5.41, 5.74) is 2.02. The Morgan fingerprint density at radius 2 is 1.46 bits per heavy atom. The summed E-state index contributed by atoms with van der Waals surface area (Å²) >= 11 is 0. The van der Waals surface area contributed by atoms with Gasteiger partial charge >= 0.3 is 0 Å². The zero-order chi connectivity index (χ0) is 28.8. The van der Waals surface area contributed by atoms with Crippen molar-refractivity contribution in [2.45, 2.75) is 24.1 Å². The normalized spacial score (nSPS) is 14.7. The summed E-state index contributed by atoms with van der Waals surface area (Å²) in [5.74, 6) is -1.18. The maximum atomic E-state index is 13.8. The molecule has 1 N–H and O–H groups in total. The quantitative estimate of drug-likeness (QED) is 0.325. The fraction of sp³-hybridized carbons (Fsp3) is 0.161. The molecule has 0 unspecified atom stereocenters. The number of rotatable bonds is 9. The van der Waals surface area contributed by atoms with Gasteiger partial charge in [-0.15, -0.1) is 0 Å². The highest BCUT2D eigenvalue weighted by atomic mass is 32.2. The fourth-order valence-electron chi connectivity index (χ4n) is 4.51. The topological polar surface area (TPSA) is 96.0 Å². The SMILES string of the molecule is O=C(NCc1ccccc1)[C@H]1CN(C(=O)CN(Cc2ccccc2)S(=O)(=O)c2ccc(F)cc2)c2ccccc2O1. The summed E-state index contributed by atoms with van der Waals surface area (Å²) in [6.45, 7) is -0.414. The van der Waals surface area contributed by atoms with Crippen LogP contribution in [0.25, 0.3) is 0 Å². The Labute approximate surface area is 238 Å². The molecule has 4 aromatic rings. The van der Waals surface area contributed by atoms with Crippen LogP contribution in [0.15, 0.2) is 114 Å². The molecule has 4 aromatic carbocycles. The van der Waals surface area contributed by atoms with Gasteiger partial charge in [0.25, 0.3) is 5.91 Å². The van der Waals surface area contributed by atoms with Crippen molar-refractivity contribution in [1.29, 1.82) is 0 Å². The molecular formula is C31H28FN3O5S. The van der Waals surface area contributed by atoms with E-state index in [-0.39, 0.29) is 24.5 Å². The number of nitrogens with zero attached hydrogens (tertiary/aromatic N) is 2. The fourth-order valence-corrected chi connectivity index (χ4v) is 5.89. The van der Waals surface area contributed by atoms with E-state index < -0.39 is 40.3 Å². The average molecular weight is 574 g/mol. The van der Waals surface area contributed by atoms with Gasteiger partial charge in [0.2, 0.25) is 15.9 Å². The Morgan fingerprint density at radius 1 is 0.854 bits per heavy atom. The first-order chi connectivity index (χ1) is 19.8. The molecule has 210 valence electrons. The van der Waals surface area contributed by atoms with Crippen LogP contribution in [0, 0.1) is 5.82 Å². The van der Waals surface area contributed by atoms with Gasteiger partial charge < -0.3 is 15.0 Å². The molecule has 2 amide bonds. The number of amides is 2. The van der Waals surface area contributed by atoms with Crippen molar-refractivity contribution in [1.82, 2.24) is 9.62 Å². The molecule has 1 aliphatic rings. The number of fused-ring (bicyclic) bond motifs is 1. The molecule has 1 atom stereocenters. The van der Waals surface area contributed by atoms with Crippen LogP contribution in [0.5, 0.6) is 5.75 Å². The summed E-state index contributed by atoms with van der Waals surface area (Å²) in [7, 11) is -4.19. The van der Waals surface area contributed by atoms with Crippen molar-refractivity contribution in [2.75, 3.05) is 18.0 Å². The molecule has 1 heterocycles. The predicted molar refractivity (Wildman–Crippen MR) is 152 cm³/mol. The molecule has 8 nitrogen and oxygen atoms in total. The van der Waals surface area contributed by atoms with Gasteiger partial charge in [-0.1, -0.05) is 72.8 Å². The third-order valence-electron chi connectivity index (χ3n) is 6.64. The maximum Gasteiger partial charge on any atom is 0.263 e. The third kappa shape index (κ3) is 6.62. The molecule has 0 bridgehead atoms. The standard InChI is InChI=1S/C31H28FN3O5S/c32-25-15-17-26(18-16-25)41(38,39)34(20-24-11-5-2-6-12-24)22-30(36)35-21-29(40-28-14-8-7-13-27(28)35)31(37)33-19-23-9-3-1-4-10-23/h1-18,29H,19-22H2,(H,33,37)/t29-/m1/s1. The zero-order valence-electron chi connectivity index (χ0n) is 22.0. The second-order valence-corrected chi connectivity index (χ2v) is 11.4. The highest BCUT2D eigenvalue weighted by molar-refractivity contribution is 7.89. The van der Waals surface area contributed by atoms with Gasteiger partial charge in [0, 0.05) is 13.1 Å². The Bertz CT molecular complexity index is 1620. The van der Waals surface area contributed by atoms with Crippen molar-refractivity contribution in [3.05, 3.63) is 126 Å². The minimum atomic E-state index is -4.19. The molecule has 0 fully saturated rings. The van der Waals surface area contributed by atoms with Gasteiger partial charge in [-0.25, -0.2) is 12.8 Å². The van der Waals surface area contributed by atoms with E-state index in [1.54, 1.807) is 54.6 Å². The maximum absolute atomic E-state index is 13.8. The molecule has 0 spiro atoms. The summed E-state index contributed by atoms with van der Waals surface area (Å²) in [4.78, 5) is 28.1. The van der Waals surface area contributed by atoms with Crippen LogP contribution in [0.3, 0.4) is 0 Å². The van der Waals surface area contributed by atoms with Gasteiger partial charge in [-0.3, -0.25) is 9.59 Å². The molecule has 0 radical (unpaired) electrons. The molecule has 0 aliphatic carbocycles. The molecule has 0 saturated carbocycles. The summed E-state index contributed by atoms with van der Waals surface area (Å²) in [6, 6.07) is 29.5. The van der Waals surface area contributed by atoms with E-state index in [0.29, 0.717) is 17.0 Å². The minimum Gasteiger partial charge on any atom is -0.477 e. The number of carbonyl (C=O) groups excluding carboxylic acids is 2. The number of halogens is 1. The van der Waals surface area contributed by atoms with E-state index >= 15 is 0 Å². The first kappa shape index (κ1) is 28.0. The molecular weight excluding hydrogens is 545 g/mol. The highest BCUT2D eigenvalue weighted by Crippen LogP contribution is 2.33. The Balaban J connectivity index is 1.40. The molecule has 10 heteroatoms. The van der Waals surface area contributed by atoms with Crippen LogP contribution in [-0.4, -0.2) is 43.7 Å². The van der Waals surface area contributed by atoms with E-state index in [9.17, 15) is 22.4 Å². The van der Waals surface area contributed by atoms with Crippen LogP contribution in [0.4, 0.5) is 10.1 Å². The van der Waals surface area contributed by atoms with E-state index in [1.807, 2.05) is 30.3 Å². The van der Waals surface area contributed by atoms with Gasteiger partial charge in [-0.2, -0.15) is 4.31 Å². The first-order valence-corrected chi connectivity index (χ1v) is 14.4. The lowest BCUT2D eigenvalue weighted by Crippen LogP contribution is -2.52. The lowest BCUT2D eigenvalue weighted by Gasteiger charge is -2.35. The zero-order valence-corrected chi connectivity index (χ0v) is 22.8. The van der Waals surface area contributed by atoms with Crippen LogP contribution < -0.4 is 15.0 Å². The van der Waals surface area contributed by atoms with Gasteiger partial charge in [0.15, 0.2) is 6.10 Å². The number of ether oxygens (including phenoxy) is 1. The number of anilines is 1. The van der Waals surface area contributed by atoms with Crippen molar-refractivity contribution >= 4 is 27.5 Å². The Kier molecular flexibility index (Phi) is 8.42. The van der Waals surface area contributed by atoms with Gasteiger partial charge in [0.1, 0.15) is 11.6 Å². The Hall–Kier alpha value is -4.54. The van der Waals surface area contributed by atoms with Gasteiger partial charge in [0.05, 0.1) is 23.7 Å². The monoisotopic (exact) mass is 573 g/mol. The van der Waals surface area contributed by atoms with E-state index in [1.165, 1.54) is 17.0 Å². The van der Waals surface area contributed by atoms with Crippen LogP contribution in [0.2, 0.25) is 0 Å². The number of carbonyl (C=O) groups is 2. The van der Waals surface area contributed by atoms with Crippen LogP contribution in [0.1, 0.15) is 11.1 Å². The molecule has 0 saturated heterocycles. The van der Waals surface area contributed by atoms with E-state index in [4.69, 9.17) is 4.74 Å². The summed E-state index contributed by atoms with van der Waals surface area (Å²) in [5, 5.41) is 2.84. The van der Waals surface area contributed by atoms with E-state index in [2.05, 4.69) is 5.32 Å². The van der Waals surface area contributed by atoms with Crippen molar-refractivity contribution in [2.24, 2.45) is 0 Å². The van der Waals surface area contributed by atoms with Crippen LogP contribution >= 0.6 is 0 Å². The lowest BCUT2D eigenvalue weighted by atomic mass is 10.1. The largest absolute Gasteiger partial charge is 0.477 e. The lowest BCUT2D eigenvalue weighted by molar-refractivity contribution is -0.128. The Morgan fingerprint density at radius 3 is 2.15 bits per heavy atom. The number of hydrogen-bond acceptors (Lipinski definition) is 5. The average Bonchev–Trinajstić information content (AvgIpc) is 3.00. The number of para-hydroxylation sites is 2. The van der Waals surface area contributed by atoms with Crippen molar-refractivity contribution in [3.63, 3.8) is 0 Å². The molecule has 5 rings (SSSR count).